The van der Waals surface area contributed by atoms with E-state index in [9.17, 15) is 9.90 Å². The van der Waals surface area contributed by atoms with Crippen LogP contribution in [0, 0.1) is 0 Å². The number of aliphatic hydroxyl groups is 1. The lowest BCUT2D eigenvalue weighted by Crippen LogP contribution is -2.53. The molecule has 0 aromatic carbocycles. The highest BCUT2D eigenvalue weighted by atomic mass is 16.6. The molecule has 5 nitrogen and oxygen atoms in total. The van der Waals surface area contributed by atoms with Crippen molar-refractivity contribution in [3.8, 4) is 0 Å². The Morgan fingerprint density at radius 1 is 1.44 bits per heavy atom. The van der Waals surface area contributed by atoms with E-state index in [2.05, 4.69) is 5.32 Å². The minimum Gasteiger partial charge on any atom is -0.444 e. The second-order valence-corrected chi connectivity index (χ2v) is 5.26. The molecule has 1 aliphatic heterocycles. The summed E-state index contributed by atoms with van der Waals surface area (Å²) in [4.78, 5) is 13.3. The Bertz CT molecular complexity index is 250. The van der Waals surface area contributed by atoms with Crippen LogP contribution in [0.3, 0.4) is 0 Å². The lowest BCUT2D eigenvalue weighted by molar-refractivity contribution is -0.00172. The molecular weight excluding hydrogens is 208 g/mol. The molecule has 2 atom stereocenters. The first-order chi connectivity index (χ1) is 7.31. The van der Waals surface area contributed by atoms with E-state index in [-0.39, 0.29) is 12.1 Å². The number of ether oxygens (including phenoxy) is 1. The Hall–Kier alpha value is -0.810. The molecule has 1 unspecified atom stereocenters. The van der Waals surface area contributed by atoms with Gasteiger partial charge in [-0.3, -0.25) is 0 Å². The number of nitrogens with one attached hydrogen (secondary N) is 1. The van der Waals surface area contributed by atoms with Gasteiger partial charge in [-0.1, -0.05) is 0 Å². The van der Waals surface area contributed by atoms with Gasteiger partial charge in [-0.05, 0) is 34.2 Å². The Kier molecular flexibility index (Phi) is 4.15. The second-order valence-electron chi connectivity index (χ2n) is 5.26. The fourth-order valence-corrected chi connectivity index (χ4v) is 1.76. The zero-order chi connectivity index (χ0) is 12.3. The molecule has 5 heteroatoms. The smallest absolute Gasteiger partial charge is 0.410 e. The predicted molar refractivity (Wildman–Crippen MR) is 61.3 cm³/mol. The van der Waals surface area contributed by atoms with Crippen molar-refractivity contribution in [1.29, 1.82) is 0 Å². The molecule has 94 valence electrons. The molecule has 0 spiro atoms. The maximum Gasteiger partial charge on any atom is 0.410 e. The first-order valence-corrected chi connectivity index (χ1v) is 5.65. The van der Waals surface area contributed by atoms with Gasteiger partial charge in [-0.15, -0.1) is 0 Å². The fraction of sp³-hybridized carbons (Fsp3) is 0.909. The molecule has 1 amide bonds. The number of hydrogen-bond donors (Lipinski definition) is 2. The largest absolute Gasteiger partial charge is 0.444 e. The third-order valence-electron chi connectivity index (χ3n) is 2.49. The number of amides is 1. The standard InChI is InChI=1S/C11H22N2O3/c1-11(2,3)16-10(15)13-6-8(12-4)5-9(14)7-13/h8-9,12,14H,5-7H2,1-4H3/t8?,9-/m1/s1. The minimum absolute atomic E-state index is 0.135. The van der Waals surface area contributed by atoms with Gasteiger partial charge in [0.15, 0.2) is 0 Å². The number of carbonyl (C=O) groups excluding carboxylic acids is 1. The number of aliphatic hydroxyl groups excluding tert-OH is 1. The monoisotopic (exact) mass is 230 g/mol. The molecule has 0 aromatic rings. The molecule has 1 aliphatic rings. The third-order valence-corrected chi connectivity index (χ3v) is 2.49. The molecule has 1 rings (SSSR count). The maximum atomic E-state index is 11.8. The molecule has 2 N–H and O–H groups in total. The molecule has 0 aliphatic carbocycles. The van der Waals surface area contributed by atoms with Crippen LogP contribution < -0.4 is 5.32 Å². The van der Waals surface area contributed by atoms with E-state index < -0.39 is 11.7 Å². The van der Waals surface area contributed by atoms with E-state index in [4.69, 9.17) is 4.74 Å². The second kappa shape index (κ2) is 5.01. The lowest BCUT2D eigenvalue weighted by Gasteiger charge is -2.36. The molecular formula is C11H22N2O3. The average molecular weight is 230 g/mol. The summed E-state index contributed by atoms with van der Waals surface area (Å²) in [6.07, 6.45) is -0.152. The van der Waals surface area contributed by atoms with Crippen LogP contribution in [0.2, 0.25) is 0 Å². The number of piperidine rings is 1. The number of rotatable bonds is 1. The maximum absolute atomic E-state index is 11.8. The van der Waals surface area contributed by atoms with Gasteiger partial charge in [0.2, 0.25) is 0 Å². The zero-order valence-corrected chi connectivity index (χ0v) is 10.5. The molecule has 0 aromatic heterocycles. The fourth-order valence-electron chi connectivity index (χ4n) is 1.76. The Morgan fingerprint density at radius 3 is 2.56 bits per heavy atom. The van der Waals surface area contributed by atoms with E-state index in [1.54, 1.807) is 4.90 Å². The van der Waals surface area contributed by atoms with Crippen molar-refractivity contribution in [1.82, 2.24) is 10.2 Å². The lowest BCUT2D eigenvalue weighted by atomic mass is 10.0. The van der Waals surface area contributed by atoms with Crippen molar-refractivity contribution < 1.29 is 14.6 Å². The Balaban J connectivity index is 2.55. The molecule has 0 radical (unpaired) electrons. The van der Waals surface area contributed by atoms with Gasteiger partial charge in [0, 0.05) is 12.6 Å². The number of likely N-dealkylation sites (tertiary alicyclic amines) is 1. The summed E-state index contributed by atoms with van der Waals surface area (Å²) < 4.78 is 5.27. The van der Waals surface area contributed by atoms with Crippen molar-refractivity contribution in [3.05, 3.63) is 0 Å². The van der Waals surface area contributed by atoms with Crippen LogP contribution in [0.5, 0.6) is 0 Å². The van der Waals surface area contributed by atoms with Gasteiger partial charge in [-0.2, -0.15) is 0 Å². The number of carbonyl (C=O) groups is 1. The van der Waals surface area contributed by atoms with Crippen LogP contribution >= 0.6 is 0 Å². The van der Waals surface area contributed by atoms with E-state index in [0.717, 1.165) is 0 Å². The Morgan fingerprint density at radius 2 is 2.06 bits per heavy atom. The van der Waals surface area contributed by atoms with E-state index in [1.165, 1.54) is 0 Å². The third kappa shape index (κ3) is 3.98. The Labute approximate surface area is 96.8 Å². The van der Waals surface area contributed by atoms with Gasteiger partial charge < -0.3 is 20.1 Å². The van der Waals surface area contributed by atoms with Crippen LogP contribution in [-0.4, -0.2) is 54.0 Å². The molecule has 0 saturated carbocycles. The molecule has 1 saturated heterocycles. The summed E-state index contributed by atoms with van der Waals surface area (Å²) in [5.41, 5.74) is -0.491. The molecule has 1 heterocycles. The number of hydrogen-bond acceptors (Lipinski definition) is 4. The quantitative estimate of drug-likeness (QED) is 0.691. The van der Waals surface area contributed by atoms with Gasteiger partial charge in [0.25, 0.3) is 0 Å². The van der Waals surface area contributed by atoms with Gasteiger partial charge in [0.05, 0.1) is 12.6 Å². The van der Waals surface area contributed by atoms with Gasteiger partial charge in [-0.25, -0.2) is 4.79 Å². The molecule has 0 bridgehead atoms. The normalized spacial score (nSPS) is 26.7. The zero-order valence-electron chi connectivity index (χ0n) is 10.5. The summed E-state index contributed by atoms with van der Waals surface area (Å²) in [6, 6.07) is 0.135. The van der Waals surface area contributed by atoms with Crippen molar-refractivity contribution >= 4 is 6.09 Å². The van der Waals surface area contributed by atoms with Crippen LogP contribution in [0.4, 0.5) is 4.79 Å². The SMILES string of the molecule is CNC1C[C@@H](O)CN(C(=O)OC(C)(C)C)C1. The van der Waals surface area contributed by atoms with Crippen molar-refractivity contribution in [2.75, 3.05) is 20.1 Å². The van der Waals surface area contributed by atoms with Crippen LogP contribution in [0.1, 0.15) is 27.2 Å². The highest BCUT2D eigenvalue weighted by Crippen LogP contribution is 2.15. The number of likely N-dealkylation sites (N-methyl/N-ethyl adjacent to an activating group) is 1. The minimum atomic E-state index is -0.491. The number of nitrogens with zero attached hydrogens (tertiary/aromatic N) is 1. The topological polar surface area (TPSA) is 61.8 Å². The van der Waals surface area contributed by atoms with Crippen molar-refractivity contribution in [2.24, 2.45) is 0 Å². The first-order valence-electron chi connectivity index (χ1n) is 5.65. The molecule has 16 heavy (non-hydrogen) atoms. The van der Waals surface area contributed by atoms with Crippen LogP contribution in [0.25, 0.3) is 0 Å². The van der Waals surface area contributed by atoms with Crippen LogP contribution in [0.15, 0.2) is 0 Å². The average Bonchev–Trinajstić information content (AvgIpc) is 2.14. The summed E-state index contributed by atoms with van der Waals surface area (Å²) in [5, 5.41) is 12.7. The highest BCUT2D eigenvalue weighted by molar-refractivity contribution is 5.68. The summed E-state index contributed by atoms with van der Waals surface area (Å²) in [7, 11) is 1.83. The van der Waals surface area contributed by atoms with Crippen LogP contribution in [-0.2, 0) is 4.74 Å². The van der Waals surface area contributed by atoms with Gasteiger partial charge in [0.1, 0.15) is 5.60 Å². The highest BCUT2D eigenvalue weighted by Gasteiger charge is 2.30. The van der Waals surface area contributed by atoms with Crippen molar-refractivity contribution in [3.63, 3.8) is 0 Å². The predicted octanol–water partition coefficient (Wildman–Crippen LogP) is 0.576. The summed E-state index contributed by atoms with van der Waals surface area (Å²) in [5.74, 6) is 0. The first kappa shape index (κ1) is 13.3. The summed E-state index contributed by atoms with van der Waals surface area (Å²) in [6.45, 7) is 6.44. The van der Waals surface area contributed by atoms with Crippen molar-refractivity contribution in [2.45, 2.75) is 44.9 Å². The van der Waals surface area contributed by atoms with E-state index in [1.807, 2.05) is 27.8 Å². The summed E-state index contributed by atoms with van der Waals surface area (Å²) >= 11 is 0. The molecule has 1 fully saturated rings. The number of β-amino-alcohol motifs (C(OH)–C–C–N with tert-alkyl or cyclic N) is 1. The van der Waals surface area contributed by atoms with E-state index in [0.29, 0.717) is 19.5 Å². The van der Waals surface area contributed by atoms with E-state index >= 15 is 0 Å². The van der Waals surface area contributed by atoms with Gasteiger partial charge >= 0.3 is 6.09 Å².